The molecule has 4 aromatic rings. The number of benzene rings is 3. The Morgan fingerprint density at radius 2 is 2.00 bits per heavy atom. The molecule has 216 valence electrons. The predicted molar refractivity (Wildman–Crippen MR) is 160 cm³/mol. The van der Waals surface area contributed by atoms with E-state index in [0.717, 1.165) is 23.1 Å². The quantitative estimate of drug-likeness (QED) is 0.255. The number of amides is 1. The minimum atomic E-state index is -1.22. The maximum absolute atomic E-state index is 16.1. The zero-order valence-corrected chi connectivity index (χ0v) is 24.8. The molecule has 7 nitrogen and oxygen atoms in total. The van der Waals surface area contributed by atoms with Crippen LogP contribution in [0, 0.1) is 11.7 Å². The smallest absolute Gasteiger partial charge is 0.337 e. The van der Waals surface area contributed by atoms with Gasteiger partial charge in [-0.3, -0.25) is 14.4 Å². The zero-order chi connectivity index (χ0) is 29.5. The number of hydrogen-bond acceptors (Lipinski definition) is 5. The third-order valence-electron chi connectivity index (χ3n) is 9.20. The van der Waals surface area contributed by atoms with Gasteiger partial charge in [-0.05, 0) is 48.2 Å². The molecule has 1 aromatic heterocycles. The van der Waals surface area contributed by atoms with Gasteiger partial charge in [0, 0.05) is 52.3 Å². The number of carbonyl (C=O) groups excluding carboxylic acids is 2. The summed E-state index contributed by atoms with van der Waals surface area (Å²) < 4.78 is 23.0. The fourth-order valence-corrected chi connectivity index (χ4v) is 7.83. The topological polar surface area (TPSA) is 76.5 Å². The Bertz CT molecular complexity index is 1790. The van der Waals surface area contributed by atoms with Crippen LogP contribution in [0.5, 0.6) is 0 Å². The van der Waals surface area contributed by atoms with Crippen LogP contribution in [0.4, 0.5) is 10.1 Å². The van der Waals surface area contributed by atoms with Gasteiger partial charge in [0.15, 0.2) is 0 Å². The van der Waals surface area contributed by atoms with Gasteiger partial charge in [-0.25, -0.2) is 9.18 Å². The molecule has 10 heteroatoms. The average Bonchev–Trinajstić information content (AvgIpc) is 3.65. The molecule has 1 spiro atoms. The summed E-state index contributed by atoms with van der Waals surface area (Å²) in [4.78, 5) is 29.0. The monoisotopic (exact) mass is 606 g/mol. The van der Waals surface area contributed by atoms with E-state index in [2.05, 4.69) is 24.1 Å². The van der Waals surface area contributed by atoms with Crippen molar-refractivity contribution in [2.75, 3.05) is 19.0 Å². The van der Waals surface area contributed by atoms with Crippen LogP contribution in [0.1, 0.15) is 59.4 Å². The Morgan fingerprint density at radius 1 is 1.19 bits per heavy atom. The average molecular weight is 608 g/mol. The molecule has 0 bridgehead atoms. The number of methoxy groups -OCH3 is 1. The Balaban J connectivity index is 1.50. The molecule has 0 aliphatic carbocycles. The number of likely N-dealkylation sites (tertiary alicyclic amines) is 1. The van der Waals surface area contributed by atoms with Gasteiger partial charge in [-0.2, -0.15) is 5.10 Å². The summed E-state index contributed by atoms with van der Waals surface area (Å²) in [5, 5.41) is 9.51. The largest absolute Gasteiger partial charge is 0.465 e. The van der Waals surface area contributed by atoms with Crippen molar-refractivity contribution in [3.8, 4) is 0 Å². The second-order valence-corrected chi connectivity index (χ2v) is 12.6. The summed E-state index contributed by atoms with van der Waals surface area (Å²) in [7, 11) is 1.34. The highest BCUT2D eigenvalue weighted by molar-refractivity contribution is 6.31. The lowest BCUT2D eigenvalue weighted by molar-refractivity contribution is -0.128. The number of nitrogens with zero attached hydrogens (tertiary/aromatic N) is 3. The molecule has 7 rings (SSSR count). The van der Waals surface area contributed by atoms with E-state index in [1.807, 2.05) is 16.8 Å². The minimum Gasteiger partial charge on any atom is -0.465 e. The first-order valence-electron chi connectivity index (χ1n) is 14.1. The van der Waals surface area contributed by atoms with Crippen molar-refractivity contribution in [2.45, 2.75) is 50.2 Å². The Hall–Kier alpha value is -3.46. The van der Waals surface area contributed by atoms with E-state index in [1.165, 1.54) is 13.2 Å². The van der Waals surface area contributed by atoms with E-state index in [1.54, 1.807) is 36.4 Å². The molecular weight excluding hydrogens is 578 g/mol. The van der Waals surface area contributed by atoms with Crippen molar-refractivity contribution in [2.24, 2.45) is 5.92 Å². The number of nitrogens with one attached hydrogen (secondary N) is 1. The second kappa shape index (κ2) is 9.79. The third kappa shape index (κ3) is 3.71. The highest BCUT2D eigenvalue weighted by Gasteiger charge is 2.69. The number of halogens is 3. The normalized spacial score (nSPS) is 24.4. The van der Waals surface area contributed by atoms with Crippen LogP contribution in [-0.4, -0.2) is 46.3 Å². The molecule has 0 unspecified atom stereocenters. The van der Waals surface area contributed by atoms with Gasteiger partial charge in [0.25, 0.3) is 0 Å². The lowest BCUT2D eigenvalue weighted by atomic mass is 9.73. The van der Waals surface area contributed by atoms with Crippen molar-refractivity contribution in [3.63, 3.8) is 0 Å². The van der Waals surface area contributed by atoms with Crippen LogP contribution < -0.4 is 5.32 Å². The molecule has 3 aliphatic rings. The van der Waals surface area contributed by atoms with Crippen LogP contribution in [0.2, 0.25) is 10.0 Å². The van der Waals surface area contributed by atoms with E-state index in [-0.39, 0.29) is 23.0 Å². The molecule has 4 heterocycles. The SMILES string of the molecule is COC(=O)c1ccc2c3n(nc2c1)[C@@H]1[C@H](C3)N(CCC(C)C)[C@@]2(C(=O)Nc3cc(Cl)ccc32)[C@H]1c1cccc(Cl)c1F. The first kappa shape index (κ1) is 27.4. The highest BCUT2D eigenvalue weighted by Crippen LogP contribution is 2.63. The van der Waals surface area contributed by atoms with E-state index in [9.17, 15) is 9.59 Å². The molecule has 1 N–H and O–H groups in total. The number of aromatic nitrogens is 2. The molecule has 0 radical (unpaired) electrons. The third-order valence-corrected chi connectivity index (χ3v) is 9.72. The fraction of sp³-hybridized carbons (Fsp3) is 0.344. The lowest BCUT2D eigenvalue weighted by Gasteiger charge is -2.40. The number of rotatable bonds is 5. The Labute approximate surface area is 252 Å². The van der Waals surface area contributed by atoms with Crippen LogP contribution >= 0.6 is 23.2 Å². The molecule has 1 amide bonds. The molecule has 42 heavy (non-hydrogen) atoms. The number of hydrogen-bond donors (Lipinski definition) is 1. The van der Waals surface area contributed by atoms with Gasteiger partial charge in [-0.1, -0.05) is 61.3 Å². The number of esters is 1. The van der Waals surface area contributed by atoms with Crippen LogP contribution in [0.15, 0.2) is 54.6 Å². The van der Waals surface area contributed by atoms with E-state index >= 15 is 4.39 Å². The molecule has 0 saturated carbocycles. The van der Waals surface area contributed by atoms with Crippen molar-refractivity contribution < 1.29 is 18.7 Å². The zero-order valence-electron chi connectivity index (χ0n) is 23.3. The first-order valence-corrected chi connectivity index (χ1v) is 14.8. The van der Waals surface area contributed by atoms with Crippen molar-refractivity contribution in [3.05, 3.63) is 92.8 Å². The van der Waals surface area contributed by atoms with E-state index in [4.69, 9.17) is 33.0 Å². The molecular formula is C32H29Cl2FN4O3. The molecule has 3 aromatic carbocycles. The van der Waals surface area contributed by atoms with Crippen molar-refractivity contribution in [1.29, 1.82) is 0 Å². The summed E-state index contributed by atoms with van der Waals surface area (Å²) in [6.07, 6.45) is 1.45. The van der Waals surface area contributed by atoms with Gasteiger partial charge in [-0.15, -0.1) is 0 Å². The number of fused-ring (bicyclic) bond motifs is 7. The molecule has 3 aliphatic heterocycles. The van der Waals surface area contributed by atoms with E-state index < -0.39 is 23.2 Å². The Kier molecular flexibility index (Phi) is 6.38. The lowest BCUT2D eigenvalue weighted by Crippen LogP contribution is -2.53. The van der Waals surface area contributed by atoms with Crippen LogP contribution in [0.25, 0.3) is 10.9 Å². The summed E-state index contributed by atoms with van der Waals surface area (Å²) in [5.41, 5.74) is 2.58. The first-order chi connectivity index (χ1) is 20.2. The fourth-order valence-electron chi connectivity index (χ4n) is 7.48. The Morgan fingerprint density at radius 3 is 2.76 bits per heavy atom. The maximum atomic E-state index is 16.1. The summed E-state index contributed by atoms with van der Waals surface area (Å²) in [6, 6.07) is 15.2. The van der Waals surface area contributed by atoms with Gasteiger partial charge < -0.3 is 10.1 Å². The van der Waals surface area contributed by atoms with Crippen molar-refractivity contribution >= 4 is 51.7 Å². The molecule has 1 fully saturated rings. The van der Waals surface area contributed by atoms with Crippen molar-refractivity contribution in [1.82, 2.24) is 14.7 Å². The maximum Gasteiger partial charge on any atom is 0.337 e. The predicted octanol–water partition coefficient (Wildman–Crippen LogP) is 6.73. The summed E-state index contributed by atoms with van der Waals surface area (Å²) in [6.45, 7) is 4.94. The van der Waals surface area contributed by atoms with Gasteiger partial charge in [0.2, 0.25) is 5.91 Å². The van der Waals surface area contributed by atoms with Gasteiger partial charge in [0.1, 0.15) is 11.4 Å². The summed E-state index contributed by atoms with van der Waals surface area (Å²) >= 11 is 12.7. The van der Waals surface area contributed by atoms with Gasteiger partial charge in [0.05, 0.1) is 29.3 Å². The minimum absolute atomic E-state index is 0.00105. The number of anilines is 1. The summed E-state index contributed by atoms with van der Waals surface area (Å²) in [5.74, 6) is -1.48. The molecule has 1 saturated heterocycles. The number of ether oxygens (including phenoxy) is 1. The number of carbonyl (C=O) groups is 2. The second-order valence-electron chi connectivity index (χ2n) is 11.8. The molecule has 4 atom stereocenters. The van der Waals surface area contributed by atoms with E-state index in [0.29, 0.717) is 46.2 Å². The highest BCUT2D eigenvalue weighted by atomic mass is 35.5. The standard InChI is InChI=1S/C32H29Cl2FN4O3/c1-16(2)11-12-38-26-15-25-19-9-7-17(30(40)42-3)13-23(19)37-39(25)29(26)27(20-5-4-6-22(34)28(20)35)32(38)21-10-8-18(33)14-24(21)36-31(32)41/h4-10,13-14,16,26-27,29H,11-12,15H2,1-3H3,(H,36,41)/t26-,27-,29+,32+/m0/s1. The van der Waals surface area contributed by atoms with Crippen LogP contribution in [0.3, 0.4) is 0 Å². The van der Waals surface area contributed by atoms with Gasteiger partial charge >= 0.3 is 5.97 Å². The van der Waals surface area contributed by atoms with Crippen LogP contribution in [-0.2, 0) is 21.5 Å².